The first-order valence-electron chi connectivity index (χ1n) is 5.31. The fourth-order valence-electron chi connectivity index (χ4n) is 1.32. The van der Waals surface area contributed by atoms with Gasteiger partial charge in [0.05, 0.1) is 0 Å². The number of aryl methyl sites for hydroxylation is 1. The third kappa shape index (κ3) is 2.48. The maximum Gasteiger partial charge on any atom is 0.416 e. The molecule has 5 heteroatoms. The molecule has 0 saturated heterocycles. The lowest BCUT2D eigenvalue weighted by Crippen LogP contribution is -2.25. The van der Waals surface area contributed by atoms with Crippen molar-refractivity contribution in [3.8, 4) is 5.88 Å². The number of nitrogens with zero attached hydrogens (tertiary/aromatic N) is 3. The molecule has 1 aromatic heterocycles. The van der Waals surface area contributed by atoms with Crippen molar-refractivity contribution in [1.29, 1.82) is 0 Å². The topological polar surface area (TPSA) is 55.3 Å². The molecule has 0 atom stereocenters. The molecule has 1 aliphatic carbocycles. The minimum absolute atomic E-state index is 0.341. The summed E-state index contributed by atoms with van der Waals surface area (Å²) in [5, 5.41) is 0. The van der Waals surface area contributed by atoms with Gasteiger partial charge in [-0.15, -0.1) is 0 Å². The molecule has 1 aliphatic rings. The van der Waals surface area contributed by atoms with Crippen molar-refractivity contribution < 1.29 is 9.53 Å². The number of amides is 1. The standard InChI is InChI=1S/C11H15N3O2/c1-7-6-9(16-11(15)14(2)3)13-10(12-7)8-4-5-8/h6,8H,4-5H2,1-3H3. The molecule has 0 spiro atoms. The van der Waals surface area contributed by atoms with Gasteiger partial charge in [0.15, 0.2) is 0 Å². The number of carbonyl (C=O) groups excluding carboxylic acids is 1. The van der Waals surface area contributed by atoms with E-state index in [1.54, 1.807) is 20.2 Å². The van der Waals surface area contributed by atoms with E-state index >= 15 is 0 Å². The van der Waals surface area contributed by atoms with Crippen molar-refractivity contribution in [3.63, 3.8) is 0 Å². The minimum Gasteiger partial charge on any atom is -0.391 e. The third-order valence-corrected chi connectivity index (χ3v) is 2.35. The molecule has 0 radical (unpaired) electrons. The molecule has 2 rings (SSSR count). The van der Waals surface area contributed by atoms with Crippen LogP contribution in [0.15, 0.2) is 6.07 Å². The van der Waals surface area contributed by atoms with Crippen LogP contribution in [0.25, 0.3) is 0 Å². The number of ether oxygens (including phenoxy) is 1. The number of carbonyl (C=O) groups is 1. The molecule has 1 aromatic rings. The number of hydrogen-bond donors (Lipinski definition) is 0. The zero-order valence-electron chi connectivity index (χ0n) is 9.73. The Morgan fingerprint density at radius 1 is 1.44 bits per heavy atom. The number of hydrogen-bond acceptors (Lipinski definition) is 4. The normalized spacial score (nSPS) is 14.7. The molecule has 0 aromatic carbocycles. The zero-order valence-corrected chi connectivity index (χ0v) is 9.73. The fourth-order valence-corrected chi connectivity index (χ4v) is 1.32. The second-order valence-electron chi connectivity index (χ2n) is 4.24. The van der Waals surface area contributed by atoms with Crippen LogP contribution < -0.4 is 4.74 Å². The Morgan fingerprint density at radius 3 is 2.69 bits per heavy atom. The zero-order chi connectivity index (χ0) is 11.7. The highest BCUT2D eigenvalue weighted by Gasteiger charge is 2.27. The maximum absolute atomic E-state index is 11.4. The van der Waals surface area contributed by atoms with Crippen molar-refractivity contribution in [1.82, 2.24) is 14.9 Å². The van der Waals surface area contributed by atoms with Gasteiger partial charge in [-0.1, -0.05) is 0 Å². The Kier molecular flexibility index (Phi) is 2.77. The molecular weight excluding hydrogens is 206 g/mol. The number of aromatic nitrogens is 2. The largest absolute Gasteiger partial charge is 0.416 e. The molecule has 86 valence electrons. The molecule has 1 heterocycles. The quantitative estimate of drug-likeness (QED) is 0.763. The van der Waals surface area contributed by atoms with Crippen molar-refractivity contribution >= 4 is 6.09 Å². The Hall–Kier alpha value is -1.65. The molecule has 16 heavy (non-hydrogen) atoms. The summed E-state index contributed by atoms with van der Waals surface area (Å²) in [6.45, 7) is 1.88. The van der Waals surface area contributed by atoms with Crippen LogP contribution in [0.5, 0.6) is 5.88 Å². The predicted octanol–water partition coefficient (Wildman–Crippen LogP) is 1.72. The predicted molar refractivity (Wildman–Crippen MR) is 58.5 cm³/mol. The highest BCUT2D eigenvalue weighted by molar-refractivity contribution is 5.69. The van der Waals surface area contributed by atoms with Gasteiger partial charge in [0.25, 0.3) is 0 Å². The van der Waals surface area contributed by atoms with Gasteiger partial charge in [0, 0.05) is 31.8 Å². The number of rotatable bonds is 2. The first kappa shape index (κ1) is 10.9. The molecule has 0 unspecified atom stereocenters. The van der Waals surface area contributed by atoms with E-state index in [1.807, 2.05) is 6.92 Å². The fraction of sp³-hybridized carbons (Fsp3) is 0.545. The van der Waals surface area contributed by atoms with E-state index in [9.17, 15) is 4.79 Å². The molecule has 1 saturated carbocycles. The highest BCUT2D eigenvalue weighted by Crippen LogP contribution is 2.38. The van der Waals surface area contributed by atoms with Gasteiger partial charge in [0.2, 0.25) is 5.88 Å². The average molecular weight is 221 g/mol. The molecule has 1 fully saturated rings. The van der Waals surface area contributed by atoms with Crippen LogP contribution >= 0.6 is 0 Å². The molecule has 0 bridgehead atoms. The summed E-state index contributed by atoms with van der Waals surface area (Å²) in [6.07, 6.45) is 1.84. The summed E-state index contributed by atoms with van der Waals surface area (Å²) in [7, 11) is 3.27. The maximum atomic E-state index is 11.4. The summed E-state index contributed by atoms with van der Waals surface area (Å²) < 4.78 is 5.11. The first-order chi connectivity index (χ1) is 7.56. The lowest BCUT2D eigenvalue weighted by Gasteiger charge is -2.10. The Balaban J connectivity index is 2.17. The van der Waals surface area contributed by atoms with E-state index in [2.05, 4.69) is 9.97 Å². The summed E-state index contributed by atoms with van der Waals surface area (Å²) in [5.74, 6) is 1.59. The van der Waals surface area contributed by atoms with Crippen molar-refractivity contribution in [2.75, 3.05) is 14.1 Å². The minimum atomic E-state index is -0.417. The lowest BCUT2D eigenvalue weighted by atomic mass is 10.3. The second kappa shape index (κ2) is 4.08. The lowest BCUT2D eigenvalue weighted by molar-refractivity contribution is 0.169. The van der Waals surface area contributed by atoms with E-state index < -0.39 is 6.09 Å². The van der Waals surface area contributed by atoms with E-state index in [4.69, 9.17) is 4.74 Å². The SMILES string of the molecule is Cc1cc(OC(=O)N(C)C)nc(C2CC2)n1. The van der Waals surface area contributed by atoms with Crippen molar-refractivity contribution in [2.45, 2.75) is 25.7 Å². The summed E-state index contributed by atoms with van der Waals surface area (Å²) in [4.78, 5) is 21.3. The van der Waals surface area contributed by atoms with Crippen LogP contribution in [0.3, 0.4) is 0 Å². The van der Waals surface area contributed by atoms with E-state index in [1.165, 1.54) is 4.90 Å². The van der Waals surface area contributed by atoms with Crippen molar-refractivity contribution in [2.24, 2.45) is 0 Å². The second-order valence-corrected chi connectivity index (χ2v) is 4.24. The molecule has 0 aliphatic heterocycles. The smallest absolute Gasteiger partial charge is 0.391 e. The third-order valence-electron chi connectivity index (χ3n) is 2.35. The Labute approximate surface area is 94.5 Å². The van der Waals surface area contributed by atoms with Crippen molar-refractivity contribution in [3.05, 3.63) is 17.6 Å². The van der Waals surface area contributed by atoms with Gasteiger partial charge in [-0.05, 0) is 19.8 Å². The van der Waals surface area contributed by atoms with Crippen LogP contribution in [-0.4, -0.2) is 35.1 Å². The highest BCUT2D eigenvalue weighted by atomic mass is 16.6. The van der Waals surface area contributed by atoms with E-state index in [0.717, 1.165) is 24.4 Å². The van der Waals surface area contributed by atoms with Gasteiger partial charge < -0.3 is 9.64 Å². The monoisotopic (exact) mass is 221 g/mol. The van der Waals surface area contributed by atoms with Gasteiger partial charge >= 0.3 is 6.09 Å². The molecule has 5 nitrogen and oxygen atoms in total. The summed E-state index contributed by atoms with van der Waals surface area (Å²) >= 11 is 0. The van der Waals surface area contributed by atoms with E-state index in [0.29, 0.717) is 11.8 Å². The summed E-state index contributed by atoms with van der Waals surface area (Å²) in [5.41, 5.74) is 0.832. The van der Waals surface area contributed by atoms with Crippen LogP contribution in [0.4, 0.5) is 4.79 Å². The molecular formula is C11H15N3O2. The molecule has 1 amide bonds. The molecule has 0 N–H and O–H groups in total. The van der Waals surface area contributed by atoms with Gasteiger partial charge in [0.1, 0.15) is 5.82 Å². The summed E-state index contributed by atoms with van der Waals surface area (Å²) in [6, 6.07) is 1.67. The van der Waals surface area contributed by atoms with Gasteiger partial charge in [-0.2, -0.15) is 4.98 Å². The Bertz CT molecular complexity index is 414. The van der Waals surface area contributed by atoms with E-state index in [-0.39, 0.29) is 0 Å². The van der Waals surface area contributed by atoms with Crippen LogP contribution in [0, 0.1) is 6.92 Å². The average Bonchev–Trinajstić information content (AvgIpc) is 2.99. The van der Waals surface area contributed by atoms with Gasteiger partial charge in [-0.3, -0.25) is 0 Å². The Morgan fingerprint density at radius 2 is 2.12 bits per heavy atom. The first-order valence-corrected chi connectivity index (χ1v) is 5.31. The van der Waals surface area contributed by atoms with Crippen LogP contribution in [0.2, 0.25) is 0 Å². The van der Waals surface area contributed by atoms with Crippen LogP contribution in [-0.2, 0) is 0 Å². The van der Waals surface area contributed by atoms with Gasteiger partial charge in [-0.25, -0.2) is 9.78 Å². The van der Waals surface area contributed by atoms with Crippen LogP contribution in [0.1, 0.15) is 30.3 Å².